The molecule has 2 atom stereocenters. The molecule has 0 aliphatic carbocycles. The molecule has 0 spiro atoms. The topological polar surface area (TPSA) is 95.6 Å². The zero-order chi connectivity index (χ0) is 23.9. The van der Waals surface area contributed by atoms with Gasteiger partial charge in [-0.3, -0.25) is 9.59 Å². The molecule has 2 amide bonds. The number of hydrogen-bond donors (Lipinski definition) is 2. The van der Waals surface area contributed by atoms with Crippen molar-refractivity contribution in [2.24, 2.45) is 11.8 Å². The molecular weight excluding hydrogens is 477 g/mol. The molecule has 2 N–H and O–H groups in total. The van der Waals surface area contributed by atoms with Gasteiger partial charge in [-0.2, -0.15) is 0 Å². The average molecular weight is 506 g/mol. The van der Waals surface area contributed by atoms with Crippen molar-refractivity contribution in [2.45, 2.75) is 31.2 Å². The van der Waals surface area contributed by atoms with Crippen LogP contribution in [0.2, 0.25) is 0 Å². The molecule has 4 heterocycles. The molecule has 0 bridgehead atoms. The summed E-state index contributed by atoms with van der Waals surface area (Å²) in [5, 5.41) is 7.59. The minimum atomic E-state index is -2.82. The van der Waals surface area contributed by atoms with Crippen molar-refractivity contribution in [2.75, 3.05) is 36.0 Å². The van der Waals surface area contributed by atoms with Gasteiger partial charge in [0.25, 0.3) is 5.91 Å². The summed E-state index contributed by atoms with van der Waals surface area (Å²) in [5.74, 6) is 0.128. The average Bonchev–Trinajstić information content (AvgIpc) is 3.46. The number of nitrogens with one attached hydrogen (secondary N) is 2. The van der Waals surface area contributed by atoms with Crippen LogP contribution in [0.3, 0.4) is 0 Å². The summed E-state index contributed by atoms with van der Waals surface area (Å²) in [7, 11) is -2.82. The van der Waals surface area contributed by atoms with E-state index in [1.165, 1.54) is 17.4 Å². The smallest absolute Gasteiger partial charge is 0.261 e. The highest BCUT2D eigenvalue weighted by Gasteiger charge is 2.40. The number of benzene rings is 1. The molecule has 0 saturated carbocycles. The number of amides is 2. The van der Waals surface area contributed by atoms with Crippen LogP contribution in [0.5, 0.6) is 0 Å². The Morgan fingerprint density at radius 1 is 1.18 bits per heavy atom. The Morgan fingerprint density at radius 3 is 2.59 bits per heavy atom. The normalized spacial score (nSPS) is 25.1. The molecule has 5 rings (SSSR count). The van der Waals surface area contributed by atoms with Crippen LogP contribution < -0.4 is 15.5 Å². The second-order valence-corrected chi connectivity index (χ2v) is 12.7. The number of thiophene rings is 1. The molecule has 1 aromatic carbocycles. The quantitative estimate of drug-likeness (QED) is 0.629. The summed E-state index contributed by atoms with van der Waals surface area (Å²) in [6.07, 6.45) is 2.23. The van der Waals surface area contributed by atoms with Crippen molar-refractivity contribution >= 4 is 38.7 Å². The second kappa shape index (κ2) is 9.30. The number of anilines is 1. The molecule has 1 aromatic heterocycles. The van der Waals surface area contributed by atoms with E-state index in [1.54, 1.807) is 12.1 Å². The Balaban J connectivity index is 1.16. The Bertz CT molecular complexity index is 1160. The minimum absolute atomic E-state index is 0.154. The van der Waals surface area contributed by atoms with Crippen molar-refractivity contribution in [3.05, 3.63) is 52.0 Å². The summed E-state index contributed by atoms with van der Waals surface area (Å²) in [5.41, 5.74) is 1.17. The zero-order valence-corrected chi connectivity index (χ0v) is 20.3. The fourth-order valence-electron chi connectivity index (χ4n) is 5.37. The number of carbonyl (C=O) groups is 2. The van der Waals surface area contributed by atoms with Crippen molar-refractivity contribution < 1.29 is 22.4 Å². The van der Waals surface area contributed by atoms with Crippen LogP contribution in [-0.2, 0) is 14.6 Å². The van der Waals surface area contributed by atoms with E-state index in [2.05, 4.69) is 10.6 Å². The van der Waals surface area contributed by atoms with Crippen molar-refractivity contribution in [1.82, 2.24) is 10.6 Å². The third-order valence-electron chi connectivity index (χ3n) is 7.29. The largest absolute Gasteiger partial charge is 0.369 e. The highest BCUT2D eigenvalue weighted by atomic mass is 32.2. The highest BCUT2D eigenvalue weighted by molar-refractivity contribution is 7.92. The van der Waals surface area contributed by atoms with Gasteiger partial charge in [-0.25, -0.2) is 12.8 Å². The van der Waals surface area contributed by atoms with Gasteiger partial charge < -0.3 is 15.5 Å². The lowest BCUT2D eigenvalue weighted by Crippen LogP contribution is -2.45. The van der Waals surface area contributed by atoms with Gasteiger partial charge in [0.2, 0.25) is 5.91 Å². The lowest BCUT2D eigenvalue weighted by Gasteiger charge is -2.40. The van der Waals surface area contributed by atoms with E-state index in [1.807, 2.05) is 22.4 Å². The van der Waals surface area contributed by atoms with Gasteiger partial charge in [-0.05, 0) is 60.2 Å². The van der Waals surface area contributed by atoms with Crippen LogP contribution in [0.15, 0.2) is 35.7 Å². The predicted octanol–water partition coefficient (Wildman–Crippen LogP) is 2.55. The van der Waals surface area contributed by atoms with Crippen LogP contribution in [0, 0.1) is 17.7 Å². The number of nitrogens with zero attached hydrogens (tertiary/aromatic N) is 1. The SMILES string of the molecule is O=C(NCC1C[C@@H](c2ccc(N3CCC(C4CS(=O)(=O)C4)CC3)c(F)c2)C(=O)N1)c1cccs1. The van der Waals surface area contributed by atoms with E-state index >= 15 is 4.39 Å². The number of carbonyl (C=O) groups excluding carboxylic acids is 2. The summed E-state index contributed by atoms with van der Waals surface area (Å²) in [4.78, 5) is 27.3. The summed E-state index contributed by atoms with van der Waals surface area (Å²) in [6, 6.07) is 8.39. The van der Waals surface area contributed by atoms with Gasteiger partial charge in [-0.1, -0.05) is 12.1 Å². The van der Waals surface area contributed by atoms with E-state index in [-0.39, 0.29) is 29.6 Å². The maximum Gasteiger partial charge on any atom is 0.261 e. The van der Waals surface area contributed by atoms with Crippen LogP contribution in [0.4, 0.5) is 10.1 Å². The molecule has 10 heteroatoms. The van der Waals surface area contributed by atoms with E-state index in [0.717, 1.165) is 12.8 Å². The summed E-state index contributed by atoms with van der Waals surface area (Å²) >= 11 is 1.36. The van der Waals surface area contributed by atoms with Gasteiger partial charge in [0.15, 0.2) is 9.84 Å². The number of sulfone groups is 1. The Hall–Kier alpha value is -2.46. The van der Waals surface area contributed by atoms with Crippen LogP contribution in [0.1, 0.15) is 40.4 Å². The molecule has 7 nitrogen and oxygen atoms in total. The number of halogens is 1. The third-order valence-corrected chi connectivity index (χ3v) is 10.0. The first-order valence-corrected chi connectivity index (χ1v) is 14.4. The fourth-order valence-corrected chi connectivity index (χ4v) is 7.76. The Kier molecular flexibility index (Phi) is 6.37. The van der Waals surface area contributed by atoms with E-state index < -0.39 is 15.8 Å². The van der Waals surface area contributed by atoms with Gasteiger partial charge >= 0.3 is 0 Å². The molecule has 0 radical (unpaired) electrons. The highest BCUT2D eigenvalue weighted by Crippen LogP contribution is 2.36. The lowest BCUT2D eigenvalue weighted by atomic mass is 9.85. The van der Waals surface area contributed by atoms with Crippen LogP contribution >= 0.6 is 11.3 Å². The molecule has 2 aromatic rings. The van der Waals surface area contributed by atoms with Crippen LogP contribution in [-0.4, -0.2) is 57.4 Å². The molecule has 1 unspecified atom stereocenters. The molecular formula is C24H28FN3O4S2. The summed E-state index contributed by atoms with van der Waals surface area (Å²) in [6.45, 7) is 1.73. The van der Waals surface area contributed by atoms with E-state index in [0.29, 0.717) is 59.6 Å². The number of hydrogen-bond acceptors (Lipinski definition) is 6. The molecule has 3 fully saturated rings. The first kappa shape index (κ1) is 23.3. The van der Waals surface area contributed by atoms with Gasteiger partial charge in [0.1, 0.15) is 5.82 Å². The minimum Gasteiger partial charge on any atom is -0.369 e. The van der Waals surface area contributed by atoms with Gasteiger partial charge in [0, 0.05) is 25.7 Å². The first-order chi connectivity index (χ1) is 16.3. The standard InChI is InChI=1S/C24H28FN3O4S2/c25-20-10-16(19-11-18(27-23(19)29)12-26-24(30)22-2-1-9-33-22)3-4-21(20)28-7-5-15(6-8-28)17-13-34(31,32)14-17/h1-4,9-10,15,17-19H,5-8,11-14H2,(H,26,30)(H,27,29)/t18?,19-/m0/s1. The molecule has 34 heavy (non-hydrogen) atoms. The lowest BCUT2D eigenvalue weighted by molar-refractivity contribution is -0.120. The zero-order valence-electron chi connectivity index (χ0n) is 18.7. The Labute approximate surface area is 202 Å². The maximum atomic E-state index is 15.0. The van der Waals surface area contributed by atoms with Gasteiger partial charge in [0.05, 0.1) is 28.0 Å². The number of piperidine rings is 1. The molecule has 3 aliphatic heterocycles. The van der Waals surface area contributed by atoms with Gasteiger partial charge in [-0.15, -0.1) is 11.3 Å². The van der Waals surface area contributed by atoms with E-state index in [4.69, 9.17) is 0 Å². The van der Waals surface area contributed by atoms with Crippen LogP contribution in [0.25, 0.3) is 0 Å². The third kappa shape index (κ3) is 4.84. The van der Waals surface area contributed by atoms with Crippen molar-refractivity contribution in [3.8, 4) is 0 Å². The Morgan fingerprint density at radius 2 is 1.94 bits per heavy atom. The van der Waals surface area contributed by atoms with Crippen molar-refractivity contribution in [3.63, 3.8) is 0 Å². The predicted molar refractivity (Wildman–Crippen MR) is 129 cm³/mol. The summed E-state index contributed by atoms with van der Waals surface area (Å²) < 4.78 is 38.0. The second-order valence-electron chi connectivity index (χ2n) is 9.55. The number of rotatable bonds is 6. The van der Waals surface area contributed by atoms with Crippen molar-refractivity contribution in [1.29, 1.82) is 0 Å². The first-order valence-electron chi connectivity index (χ1n) is 11.7. The fraction of sp³-hybridized carbons (Fsp3) is 0.500. The molecule has 3 aliphatic rings. The maximum absolute atomic E-state index is 15.0. The molecule has 182 valence electrons. The monoisotopic (exact) mass is 505 g/mol. The molecule has 3 saturated heterocycles. The van der Waals surface area contributed by atoms with E-state index in [9.17, 15) is 18.0 Å².